The third-order valence-electron chi connectivity index (χ3n) is 5.02. The van der Waals surface area contributed by atoms with E-state index < -0.39 is 17.4 Å². The summed E-state index contributed by atoms with van der Waals surface area (Å²) in [5, 5.41) is 10.5. The molecular formula is C21H19N5O3. The van der Waals surface area contributed by atoms with Crippen LogP contribution >= 0.6 is 0 Å². The summed E-state index contributed by atoms with van der Waals surface area (Å²) < 4.78 is 1.79. The fraction of sp³-hybridized carbons (Fsp3) is 0.238. The molecule has 0 saturated carbocycles. The molecule has 4 rings (SSSR count). The van der Waals surface area contributed by atoms with Crippen molar-refractivity contribution in [2.24, 2.45) is 12.8 Å². The quantitative estimate of drug-likeness (QED) is 0.626. The molecule has 1 atom stereocenters. The Hall–Kier alpha value is -3.70. The molecule has 1 fully saturated rings. The van der Waals surface area contributed by atoms with Gasteiger partial charge in [0.1, 0.15) is 11.2 Å². The first-order chi connectivity index (χ1) is 13.8. The van der Waals surface area contributed by atoms with Crippen LogP contribution in [0.4, 0.5) is 0 Å². The number of pyridine rings is 1. The molecule has 2 amide bonds. The van der Waals surface area contributed by atoms with E-state index in [0.29, 0.717) is 28.9 Å². The topological polar surface area (TPSA) is 114 Å². The number of aliphatic hydroxyl groups is 1. The van der Waals surface area contributed by atoms with Gasteiger partial charge in [0, 0.05) is 38.2 Å². The maximum atomic E-state index is 12.1. The molecule has 29 heavy (non-hydrogen) atoms. The van der Waals surface area contributed by atoms with E-state index in [-0.39, 0.29) is 12.1 Å². The summed E-state index contributed by atoms with van der Waals surface area (Å²) in [5.74, 6) is 4.57. The largest absolute Gasteiger partial charge is 0.369 e. The minimum Gasteiger partial charge on any atom is -0.369 e. The standard InChI is InChI=1S/C21H19N5O3/c1-25-9-8-21(29,20(25)28)7-6-13-4-3-5-14(10-13)17-18-16(26(2)12-23-18)11-15(24-17)19(22)27/h3-5,10-12,29H,8-9H2,1-2H3,(H2,22,27). The number of carbonyl (C=O) groups excluding carboxylic acids is 2. The van der Waals surface area contributed by atoms with E-state index >= 15 is 0 Å². The predicted molar refractivity (Wildman–Crippen MR) is 107 cm³/mol. The number of benzene rings is 1. The van der Waals surface area contributed by atoms with Crippen LogP contribution in [0.2, 0.25) is 0 Å². The molecule has 146 valence electrons. The molecule has 0 spiro atoms. The zero-order chi connectivity index (χ0) is 20.8. The molecule has 8 heteroatoms. The van der Waals surface area contributed by atoms with Gasteiger partial charge in [-0.3, -0.25) is 9.59 Å². The van der Waals surface area contributed by atoms with E-state index in [4.69, 9.17) is 5.73 Å². The van der Waals surface area contributed by atoms with Gasteiger partial charge in [0.15, 0.2) is 0 Å². The van der Waals surface area contributed by atoms with Gasteiger partial charge in [-0.25, -0.2) is 9.97 Å². The Labute approximate surface area is 167 Å². The number of aryl methyl sites for hydroxylation is 1. The van der Waals surface area contributed by atoms with Crippen LogP contribution in [-0.4, -0.2) is 55.5 Å². The Morgan fingerprint density at radius 2 is 2.10 bits per heavy atom. The van der Waals surface area contributed by atoms with Crippen molar-refractivity contribution in [1.82, 2.24) is 19.4 Å². The van der Waals surface area contributed by atoms with Gasteiger partial charge >= 0.3 is 0 Å². The summed E-state index contributed by atoms with van der Waals surface area (Å²) in [4.78, 5) is 34.0. The van der Waals surface area contributed by atoms with Gasteiger partial charge in [0.05, 0.1) is 17.5 Å². The van der Waals surface area contributed by atoms with E-state index in [1.54, 1.807) is 42.2 Å². The third kappa shape index (κ3) is 3.22. The van der Waals surface area contributed by atoms with Gasteiger partial charge in [-0.2, -0.15) is 0 Å². The zero-order valence-corrected chi connectivity index (χ0v) is 16.0. The van der Waals surface area contributed by atoms with Crippen LogP contribution < -0.4 is 5.73 Å². The Morgan fingerprint density at radius 1 is 1.31 bits per heavy atom. The Kier molecular flexibility index (Phi) is 4.32. The van der Waals surface area contributed by atoms with Crippen molar-refractivity contribution in [2.75, 3.05) is 13.6 Å². The number of aromatic nitrogens is 3. The van der Waals surface area contributed by atoms with E-state index in [0.717, 1.165) is 5.52 Å². The number of carbonyl (C=O) groups is 2. The molecular weight excluding hydrogens is 370 g/mol. The van der Waals surface area contributed by atoms with Gasteiger partial charge in [0.25, 0.3) is 11.8 Å². The number of primary amides is 1. The number of hydrogen-bond donors (Lipinski definition) is 2. The van der Waals surface area contributed by atoms with Gasteiger partial charge in [0.2, 0.25) is 5.60 Å². The average molecular weight is 389 g/mol. The second-order valence-corrected chi connectivity index (χ2v) is 7.11. The maximum Gasteiger partial charge on any atom is 0.267 e. The summed E-state index contributed by atoms with van der Waals surface area (Å²) >= 11 is 0. The lowest BCUT2D eigenvalue weighted by molar-refractivity contribution is -0.137. The summed E-state index contributed by atoms with van der Waals surface area (Å²) in [7, 11) is 3.46. The fourth-order valence-corrected chi connectivity index (χ4v) is 3.34. The van der Waals surface area contributed by atoms with Gasteiger partial charge in [-0.1, -0.05) is 24.0 Å². The first-order valence-electron chi connectivity index (χ1n) is 9.02. The van der Waals surface area contributed by atoms with Crippen molar-refractivity contribution < 1.29 is 14.7 Å². The van der Waals surface area contributed by atoms with E-state index in [1.165, 1.54) is 4.90 Å². The minimum atomic E-state index is -1.66. The highest BCUT2D eigenvalue weighted by atomic mass is 16.3. The van der Waals surface area contributed by atoms with Crippen LogP contribution in [0.15, 0.2) is 36.7 Å². The number of fused-ring (bicyclic) bond motifs is 1. The molecule has 3 heterocycles. The lowest BCUT2D eigenvalue weighted by atomic mass is 10.0. The molecule has 1 aliphatic rings. The molecule has 3 aromatic rings. The van der Waals surface area contributed by atoms with Crippen LogP contribution in [0.5, 0.6) is 0 Å². The Bertz CT molecular complexity index is 1220. The van der Waals surface area contributed by atoms with Crippen molar-refractivity contribution in [3.8, 4) is 23.1 Å². The molecule has 8 nitrogen and oxygen atoms in total. The van der Waals surface area contributed by atoms with Crippen LogP contribution in [0.25, 0.3) is 22.3 Å². The third-order valence-corrected chi connectivity index (χ3v) is 5.02. The molecule has 0 radical (unpaired) electrons. The highest BCUT2D eigenvalue weighted by molar-refractivity contribution is 5.98. The second-order valence-electron chi connectivity index (χ2n) is 7.11. The summed E-state index contributed by atoms with van der Waals surface area (Å²) in [6.45, 7) is 0.464. The van der Waals surface area contributed by atoms with Crippen molar-refractivity contribution in [2.45, 2.75) is 12.0 Å². The van der Waals surface area contributed by atoms with Crippen molar-refractivity contribution in [3.63, 3.8) is 0 Å². The first kappa shape index (κ1) is 18.7. The molecule has 0 bridgehead atoms. The van der Waals surface area contributed by atoms with Crippen LogP contribution in [0, 0.1) is 11.8 Å². The SMILES string of the molecule is CN1CCC(O)(C#Cc2cccc(-c3nc(C(N)=O)cc4c3ncn4C)c2)C1=O. The van der Waals surface area contributed by atoms with Crippen molar-refractivity contribution in [1.29, 1.82) is 0 Å². The molecule has 1 unspecified atom stereocenters. The molecule has 2 aromatic heterocycles. The molecule has 1 saturated heterocycles. The Balaban J connectivity index is 1.79. The number of likely N-dealkylation sites (tertiary alicyclic amines) is 1. The van der Waals surface area contributed by atoms with Crippen LogP contribution in [0.1, 0.15) is 22.5 Å². The van der Waals surface area contributed by atoms with Gasteiger partial charge in [-0.05, 0) is 18.2 Å². The van der Waals surface area contributed by atoms with Crippen LogP contribution in [-0.2, 0) is 11.8 Å². The summed E-state index contributed by atoms with van der Waals surface area (Å²) in [5.41, 5.74) is 7.10. The maximum absolute atomic E-state index is 12.1. The second kappa shape index (κ2) is 6.72. The fourth-order valence-electron chi connectivity index (χ4n) is 3.34. The molecule has 1 aromatic carbocycles. The monoisotopic (exact) mass is 389 g/mol. The van der Waals surface area contributed by atoms with E-state index in [2.05, 4.69) is 21.8 Å². The number of hydrogen-bond acceptors (Lipinski definition) is 5. The first-order valence-corrected chi connectivity index (χ1v) is 9.02. The van der Waals surface area contributed by atoms with Crippen molar-refractivity contribution >= 4 is 22.8 Å². The molecule has 1 aliphatic heterocycles. The van der Waals surface area contributed by atoms with E-state index in [1.807, 2.05) is 13.1 Å². The predicted octanol–water partition coefficient (Wildman–Crippen LogP) is 0.679. The lowest BCUT2D eigenvalue weighted by Gasteiger charge is -2.13. The number of likely N-dealkylation sites (N-methyl/N-ethyl adjacent to an activating group) is 1. The van der Waals surface area contributed by atoms with E-state index in [9.17, 15) is 14.7 Å². The highest BCUT2D eigenvalue weighted by Crippen LogP contribution is 2.27. The lowest BCUT2D eigenvalue weighted by Crippen LogP contribution is -2.37. The summed E-state index contributed by atoms with van der Waals surface area (Å²) in [6, 6.07) is 8.78. The smallest absolute Gasteiger partial charge is 0.267 e. The number of imidazole rings is 1. The summed E-state index contributed by atoms with van der Waals surface area (Å²) in [6.07, 6.45) is 1.91. The number of nitrogens with two attached hydrogens (primary N) is 1. The molecule has 0 aliphatic carbocycles. The van der Waals surface area contributed by atoms with Crippen molar-refractivity contribution in [3.05, 3.63) is 47.9 Å². The van der Waals surface area contributed by atoms with Gasteiger partial charge < -0.3 is 20.3 Å². The zero-order valence-electron chi connectivity index (χ0n) is 16.0. The Morgan fingerprint density at radius 3 is 2.79 bits per heavy atom. The number of amides is 2. The van der Waals surface area contributed by atoms with Gasteiger partial charge in [-0.15, -0.1) is 0 Å². The number of rotatable bonds is 2. The molecule has 3 N–H and O–H groups in total. The number of nitrogens with zero attached hydrogens (tertiary/aromatic N) is 4. The average Bonchev–Trinajstić information content (AvgIpc) is 3.21. The highest BCUT2D eigenvalue weighted by Gasteiger charge is 2.42. The minimum absolute atomic E-state index is 0.140. The normalized spacial score (nSPS) is 18.7. The van der Waals surface area contributed by atoms with Crippen LogP contribution in [0.3, 0.4) is 0 Å².